The largest absolute Gasteiger partial charge is 0.483 e. The van der Waals surface area contributed by atoms with E-state index in [0.29, 0.717) is 23.8 Å². The zero-order valence-corrected chi connectivity index (χ0v) is 10.9. The van der Waals surface area contributed by atoms with Crippen molar-refractivity contribution in [2.24, 2.45) is 5.92 Å². The number of amides is 1. The molecular weight excluding hydrogens is 249 g/mol. The summed E-state index contributed by atoms with van der Waals surface area (Å²) in [7, 11) is 0. The predicted octanol–water partition coefficient (Wildman–Crippen LogP) is 1.78. The van der Waals surface area contributed by atoms with E-state index >= 15 is 0 Å². The number of benzene rings is 1. The van der Waals surface area contributed by atoms with Crippen molar-refractivity contribution in [1.82, 2.24) is 5.32 Å². The van der Waals surface area contributed by atoms with Gasteiger partial charge < -0.3 is 15.2 Å². The summed E-state index contributed by atoms with van der Waals surface area (Å²) in [4.78, 5) is 11.5. The average molecular weight is 267 g/mol. The Balaban J connectivity index is 1.88. The second kappa shape index (κ2) is 6.02. The van der Waals surface area contributed by atoms with E-state index in [4.69, 9.17) is 4.74 Å². The summed E-state index contributed by atoms with van der Waals surface area (Å²) in [6.45, 7) is 2.09. The van der Waals surface area contributed by atoms with Crippen LogP contribution in [0.5, 0.6) is 5.75 Å². The highest BCUT2D eigenvalue weighted by atomic mass is 19.1. The van der Waals surface area contributed by atoms with Crippen molar-refractivity contribution >= 4 is 5.91 Å². The number of hydrogen-bond acceptors (Lipinski definition) is 3. The van der Waals surface area contributed by atoms with Crippen LogP contribution in [-0.4, -0.2) is 24.2 Å². The van der Waals surface area contributed by atoms with Crippen LogP contribution >= 0.6 is 0 Å². The van der Waals surface area contributed by atoms with Crippen molar-refractivity contribution in [3.63, 3.8) is 0 Å². The van der Waals surface area contributed by atoms with E-state index in [-0.39, 0.29) is 12.5 Å². The number of ether oxygens (including phenoxy) is 1. The summed E-state index contributed by atoms with van der Waals surface area (Å²) in [6.07, 6.45) is 1.50. The Morgan fingerprint density at radius 1 is 1.58 bits per heavy atom. The first-order valence-corrected chi connectivity index (χ1v) is 6.43. The van der Waals surface area contributed by atoms with Gasteiger partial charge in [-0.15, -0.1) is 0 Å². The summed E-state index contributed by atoms with van der Waals surface area (Å²) in [5, 5.41) is 12.3. The summed E-state index contributed by atoms with van der Waals surface area (Å²) in [5.74, 6) is 0.301. The number of hydrogen-bond donors (Lipinski definition) is 2. The fraction of sp³-hybridized carbons (Fsp3) is 0.500. The van der Waals surface area contributed by atoms with Crippen LogP contribution in [0.3, 0.4) is 0 Å². The summed E-state index contributed by atoms with van der Waals surface area (Å²) in [6, 6.07) is 3.87. The molecule has 0 aromatic heterocycles. The standard InChI is InChI=1S/C14H18FNO3/c1-9(17)12-6-11(15)4-5-13(12)19-8-14(18)16-7-10-2-3-10/h4-6,9-10,17H,2-3,7-8H2,1H3,(H,16,18)/t9-/m0/s1. The van der Waals surface area contributed by atoms with Gasteiger partial charge in [-0.2, -0.15) is 0 Å². The minimum absolute atomic E-state index is 0.127. The normalized spacial score (nSPS) is 15.9. The van der Waals surface area contributed by atoms with Crippen molar-refractivity contribution in [2.75, 3.05) is 13.2 Å². The Hall–Kier alpha value is -1.62. The molecule has 19 heavy (non-hydrogen) atoms. The van der Waals surface area contributed by atoms with Gasteiger partial charge in [0.05, 0.1) is 6.10 Å². The van der Waals surface area contributed by atoms with Gasteiger partial charge in [-0.3, -0.25) is 4.79 Å². The number of halogens is 1. The molecule has 1 aromatic rings. The average Bonchev–Trinajstić information content (AvgIpc) is 3.18. The first kappa shape index (κ1) is 13.8. The van der Waals surface area contributed by atoms with Crippen molar-refractivity contribution in [3.8, 4) is 5.75 Å². The van der Waals surface area contributed by atoms with Crippen molar-refractivity contribution in [3.05, 3.63) is 29.6 Å². The van der Waals surface area contributed by atoms with Crippen LogP contribution in [-0.2, 0) is 4.79 Å². The molecule has 0 bridgehead atoms. The molecule has 104 valence electrons. The second-order valence-electron chi connectivity index (χ2n) is 4.89. The van der Waals surface area contributed by atoms with Gasteiger partial charge in [-0.1, -0.05) is 0 Å². The number of aliphatic hydroxyl groups is 1. The molecule has 0 unspecified atom stereocenters. The van der Waals surface area contributed by atoms with Crippen molar-refractivity contribution in [1.29, 1.82) is 0 Å². The number of carbonyl (C=O) groups is 1. The van der Waals surface area contributed by atoms with Crippen LogP contribution in [0.2, 0.25) is 0 Å². The maximum atomic E-state index is 13.1. The zero-order valence-electron chi connectivity index (χ0n) is 10.9. The Kier molecular flexibility index (Phi) is 4.37. The molecule has 1 atom stereocenters. The van der Waals surface area contributed by atoms with Gasteiger partial charge in [0, 0.05) is 12.1 Å². The maximum absolute atomic E-state index is 13.1. The molecule has 1 aliphatic carbocycles. The Morgan fingerprint density at radius 2 is 2.32 bits per heavy atom. The lowest BCUT2D eigenvalue weighted by Gasteiger charge is -2.13. The van der Waals surface area contributed by atoms with Gasteiger partial charge >= 0.3 is 0 Å². The van der Waals surface area contributed by atoms with Crippen LogP contribution in [0.4, 0.5) is 4.39 Å². The third-order valence-corrected chi connectivity index (χ3v) is 3.07. The monoisotopic (exact) mass is 267 g/mol. The second-order valence-corrected chi connectivity index (χ2v) is 4.89. The number of aliphatic hydroxyl groups excluding tert-OH is 1. The van der Waals surface area contributed by atoms with Crippen LogP contribution < -0.4 is 10.1 Å². The van der Waals surface area contributed by atoms with E-state index in [1.807, 2.05) is 0 Å². The Morgan fingerprint density at radius 3 is 2.95 bits per heavy atom. The lowest BCUT2D eigenvalue weighted by atomic mass is 10.1. The first-order valence-electron chi connectivity index (χ1n) is 6.43. The molecule has 2 rings (SSSR count). The number of carbonyl (C=O) groups excluding carboxylic acids is 1. The highest BCUT2D eigenvalue weighted by Crippen LogP contribution is 2.28. The summed E-state index contributed by atoms with van der Waals surface area (Å²) < 4.78 is 18.4. The Bertz CT molecular complexity index is 458. The molecular formula is C14H18FNO3. The van der Waals surface area contributed by atoms with Gasteiger partial charge in [0.25, 0.3) is 5.91 Å². The molecule has 1 aliphatic rings. The molecule has 1 amide bonds. The first-order chi connectivity index (χ1) is 9.06. The SMILES string of the molecule is C[C@H](O)c1cc(F)ccc1OCC(=O)NCC1CC1. The fourth-order valence-electron chi connectivity index (χ4n) is 1.75. The topological polar surface area (TPSA) is 58.6 Å². The van der Waals surface area contributed by atoms with Crippen LogP contribution in [0.15, 0.2) is 18.2 Å². The van der Waals surface area contributed by atoms with Gasteiger partial charge in [-0.05, 0) is 43.9 Å². The van der Waals surface area contributed by atoms with E-state index in [0.717, 1.165) is 0 Å². The highest BCUT2D eigenvalue weighted by molar-refractivity contribution is 5.77. The van der Waals surface area contributed by atoms with Crippen molar-refractivity contribution in [2.45, 2.75) is 25.9 Å². The molecule has 0 aliphatic heterocycles. The van der Waals surface area contributed by atoms with Crippen LogP contribution in [0.1, 0.15) is 31.4 Å². The lowest BCUT2D eigenvalue weighted by Crippen LogP contribution is -2.30. The van der Waals surface area contributed by atoms with E-state index in [9.17, 15) is 14.3 Å². The molecule has 1 fully saturated rings. The third kappa shape index (κ3) is 4.21. The lowest BCUT2D eigenvalue weighted by molar-refractivity contribution is -0.123. The number of nitrogens with one attached hydrogen (secondary N) is 1. The van der Waals surface area contributed by atoms with Crippen LogP contribution in [0.25, 0.3) is 0 Å². The van der Waals surface area contributed by atoms with E-state index in [2.05, 4.69) is 5.32 Å². The van der Waals surface area contributed by atoms with E-state index < -0.39 is 11.9 Å². The fourth-order valence-corrected chi connectivity index (χ4v) is 1.75. The molecule has 0 heterocycles. The summed E-state index contributed by atoms with van der Waals surface area (Å²) in [5.41, 5.74) is 0.343. The van der Waals surface area contributed by atoms with Gasteiger partial charge in [-0.25, -0.2) is 4.39 Å². The van der Waals surface area contributed by atoms with E-state index in [1.165, 1.54) is 38.0 Å². The molecule has 1 aromatic carbocycles. The Labute approximate surface area is 111 Å². The zero-order chi connectivity index (χ0) is 13.8. The number of rotatable bonds is 6. The highest BCUT2D eigenvalue weighted by Gasteiger charge is 2.21. The van der Waals surface area contributed by atoms with Crippen LogP contribution in [0, 0.1) is 11.7 Å². The molecule has 4 nitrogen and oxygen atoms in total. The van der Waals surface area contributed by atoms with Gasteiger partial charge in [0.1, 0.15) is 11.6 Å². The maximum Gasteiger partial charge on any atom is 0.257 e. The molecule has 5 heteroatoms. The van der Waals surface area contributed by atoms with Gasteiger partial charge in [0.2, 0.25) is 0 Å². The molecule has 0 spiro atoms. The third-order valence-electron chi connectivity index (χ3n) is 3.07. The smallest absolute Gasteiger partial charge is 0.257 e. The molecule has 2 N–H and O–H groups in total. The molecule has 1 saturated carbocycles. The van der Waals surface area contributed by atoms with E-state index in [1.54, 1.807) is 0 Å². The van der Waals surface area contributed by atoms with Gasteiger partial charge in [0.15, 0.2) is 6.61 Å². The molecule has 0 radical (unpaired) electrons. The molecule has 0 saturated heterocycles. The predicted molar refractivity (Wildman–Crippen MR) is 68.3 cm³/mol. The minimum atomic E-state index is -0.847. The minimum Gasteiger partial charge on any atom is -0.483 e. The summed E-state index contributed by atoms with van der Waals surface area (Å²) >= 11 is 0. The van der Waals surface area contributed by atoms with Crippen molar-refractivity contribution < 1.29 is 19.0 Å². The quantitative estimate of drug-likeness (QED) is 0.826.